The summed E-state index contributed by atoms with van der Waals surface area (Å²) in [5, 5.41) is 0.493. The minimum atomic E-state index is -4.82. The lowest BCUT2D eigenvalue weighted by Gasteiger charge is -2.38. The number of anilines is 1. The molecule has 32 heavy (non-hydrogen) atoms. The highest BCUT2D eigenvalue weighted by Crippen LogP contribution is 2.31. The van der Waals surface area contributed by atoms with E-state index in [0.29, 0.717) is 11.4 Å². The molecule has 3 rings (SSSR count). The Morgan fingerprint density at radius 2 is 1.72 bits per heavy atom. The molecule has 11 heteroatoms. The van der Waals surface area contributed by atoms with Crippen LogP contribution < -0.4 is 16.4 Å². The molecule has 1 aliphatic heterocycles. The SMILES string of the molecule is CC1(C)N=C(N)N=C(N)N1c1ccc(CCCCc2ccc(S(=O)(=O)F)c(Cl)c2)c(Cl)c1. The monoisotopic (exact) mass is 499 g/mol. The maximum absolute atomic E-state index is 13.1. The van der Waals surface area contributed by atoms with Crippen molar-refractivity contribution in [2.75, 3.05) is 4.90 Å². The molecule has 0 spiro atoms. The highest BCUT2D eigenvalue weighted by Gasteiger charge is 2.33. The summed E-state index contributed by atoms with van der Waals surface area (Å²) in [5.74, 6) is 0.380. The second-order valence-corrected chi connectivity index (χ2v) is 10.1. The molecule has 0 fully saturated rings. The second kappa shape index (κ2) is 9.25. The molecule has 0 aliphatic carbocycles. The summed E-state index contributed by atoms with van der Waals surface area (Å²) in [4.78, 5) is 9.64. The molecular weight excluding hydrogens is 476 g/mol. The van der Waals surface area contributed by atoms with Gasteiger partial charge in [-0.25, -0.2) is 4.99 Å². The first-order valence-electron chi connectivity index (χ1n) is 9.90. The van der Waals surface area contributed by atoms with E-state index in [2.05, 4.69) is 9.98 Å². The first-order chi connectivity index (χ1) is 14.9. The third kappa shape index (κ3) is 5.51. The lowest BCUT2D eigenvalue weighted by atomic mass is 10.0. The molecule has 0 atom stereocenters. The lowest BCUT2D eigenvalue weighted by molar-refractivity contribution is 0.534. The van der Waals surface area contributed by atoms with Crippen molar-refractivity contribution in [1.82, 2.24) is 0 Å². The Balaban J connectivity index is 1.62. The van der Waals surface area contributed by atoms with E-state index in [4.69, 9.17) is 34.7 Å². The van der Waals surface area contributed by atoms with Crippen molar-refractivity contribution < 1.29 is 12.3 Å². The largest absolute Gasteiger partial charge is 0.369 e. The summed E-state index contributed by atoms with van der Waals surface area (Å²) < 4.78 is 35.2. The van der Waals surface area contributed by atoms with Crippen LogP contribution in [0.1, 0.15) is 37.8 Å². The van der Waals surface area contributed by atoms with Crippen molar-refractivity contribution in [3.05, 3.63) is 57.6 Å². The van der Waals surface area contributed by atoms with Crippen LogP contribution in [0, 0.1) is 0 Å². The number of aliphatic imine (C=N–C) groups is 2. The van der Waals surface area contributed by atoms with Gasteiger partial charge in [-0.2, -0.15) is 13.4 Å². The Kier molecular flexibility index (Phi) is 7.02. The van der Waals surface area contributed by atoms with E-state index in [0.717, 1.165) is 36.1 Å². The number of hydrogen-bond acceptors (Lipinski definition) is 7. The zero-order valence-corrected chi connectivity index (χ0v) is 20.0. The van der Waals surface area contributed by atoms with Crippen LogP contribution in [-0.4, -0.2) is 26.0 Å². The number of hydrogen-bond donors (Lipinski definition) is 2. The van der Waals surface area contributed by atoms with Crippen LogP contribution in [0.3, 0.4) is 0 Å². The molecule has 7 nitrogen and oxygen atoms in total. The van der Waals surface area contributed by atoms with Gasteiger partial charge in [0.1, 0.15) is 10.6 Å². The highest BCUT2D eigenvalue weighted by atomic mass is 35.5. The van der Waals surface area contributed by atoms with Gasteiger partial charge in [0.2, 0.25) is 11.9 Å². The number of unbranched alkanes of at least 4 members (excludes halogenated alkanes) is 1. The van der Waals surface area contributed by atoms with Gasteiger partial charge < -0.3 is 11.5 Å². The number of nitrogens with zero attached hydrogens (tertiary/aromatic N) is 3. The number of benzene rings is 2. The molecule has 0 amide bonds. The smallest absolute Gasteiger partial charge is 0.333 e. The van der Waals surface area contributed by atoms with Crippen LogP contribution in [0.15, 0.2) is 51.3 Å². The van der Waals surface area contributed by atoms with E-state index in [1.165, 1.54) is 12.1 Å². The minimum Gasteiger partial charge on any atom is -0.369 e. The Hall–Kier alpha value is -2.36. The third-order valence-corrected chi connectivity index (χ3v) is 6.77. The summed E-state index contributed by atoms with van der Waals surface area (Å²) in [5.41, 5.74) is 13.7. The number of nitrogens with two attached hydrogens (primary N) is 2. The number of rotatable bonds is 7. The van der Waals surface area contributed by atoms with Crippen molar-refractivity contribution in [1.29, 1.82) is 0 Å². The molecule has 1 aliphatic rings. The highest BCUT2D eigenvalue weighted by molar-refractivity contribution is 7.86. The van der Waals surface area contributed by atoms with E-state index in [9.17, 15) is 12.3 Å². The molecule has 0 aromatic heterocycles. The summed E-state index contributed by atoms with van der Waals surface area (Å²) in [6.45, 7) is 3.76. The fourth-order valence-corrected chi connectivity index (χ4v) is 4.94. The Morgan fingerprint density at radius 1 is 1.03 bits per heavy atom. The molecule has 1 heterocycles. The van der Waals surface area contributed by atoms with Crippen LogP contribution in [0.2, 0.25) is 10.0 Å². The van der Waals surface area contributed by atoms with Gasteiger partial charge >= 0.3 is 10.2 Å². The molecule has 4 N–H and O–H groups in total. The minimum absolute atomic E-state index is 0.113. The number of halogens is 3. The van der Waals surface area contributed by atoms with Crippen LogP contribution in [-0.2, 0) is 23.1 Å². The quantitative estimate of drug-likeness (QED) is 0.432. The fourth-order valence-electron chi connectivity index (χ4n) is 3.67. The van der Waals surface area contributed by atoms with Gasteiger partial charge in [-0.15, -0.1) is 3.89 Å². The van der Waals surface area contributed by atoms with Crippen molar-refractivity contribution in [3.8, 4) is 0 Å². The van der Waals surface area contributed by atoms with Crippen molar-refractivity contribution in [3.63, 3.8) is 0 Å². The summed E-state index contributed by atoms with van der Waals surface area (Å²) in [7, 11) is -4.82. The summed E-state index contributed by atoms with van der Waals surface area (Å²) >= 11 is 12.4. The zero-order chi connectivity index (χ0) is 23.7. The van der Waals surface area contributed by atoms with Gasteiger partial charge in [0, 0.05) is 10.7 Å². The molecule has 0 bridgehead atoms. The van der Waals surface area contributed by atoms with E-state index < -0.39 is 20.8 Å². The molecule has 0 radical (unpaired) electrons. The van der Waals surface area contributed by atoms with Crippen molar-refractivity contribution >= 4 is 51.0 Å². The maximum atomic E-state index is 13.1. The van der Waals surface area contributed by atoms with E-state index in [1.54, 1.807) is 11.0 Å². The van der Waals surface area contributed by atoms with Crippen LogP contribution >= 0.6 is 23.2 Å². The van der Waals surface area contributed by atoms with Gasteiger partial charge in [-0.1, -0.05) is 35.3 Å². The molecule has 172 valence electrons. The normalized spacial score (nSPS) is 16.0. The third-order valence-electron chi connectivity index (χ3n) is 5.11. The molecule has 2 aromatic carbocycles. The van der Waals surface area contributed by atoms with Crippen molar-refractivity contribution in [2.45, 2.75) is 50.1 Å². The van der Waals surface area contributed by atoms with Gasteiger partial charge in [-0.05, 0) is 74.9 Å². The van der Waals surface area contributed by atoms with E-state index >= 15 is 0 Å². The Morgan fingerprint density at radius 3 is 2.31 bits per heavy atom. The van der Waals surface area contributed by atoms with Crippen LogP contribution in [0.4, 0.5) is 9.57 Å². The Labute approximate surface area is 197 Å². The Bertz CT molecular complexity index is 1200. The second-order valence-electron chi connectivity index (χ2n) is 7.96. The summed E-state index contributed by atoms with van der Waals surface area (Å²) in [6.07, 6.45) is 3.10. The van der Waals surface area contributed by atoms with E-state index in [1.807, 2.05) is 32.0 Å². The zero-order valence-electron chi connectivity index (χ0n) is 17.6. The molecule has 0 unspecified atom stereocenters. The average molecular weight is 500 g/mol. The van der Waals surface area contributed by atoms with E-state index in [-0.39, 0.29) is 16.9 Å². The van der Waals surface area contributed by atoms with Gasteiger partial charge in [0.05, 0.1) is 5.02 Å². The topological polar surface area (TPSA) is 114 Å². The van der Waals surface area contributed by atoms with Gasteiger partial charge in [0.25, 0.3) is 0 Å². The summed E-state index contributed by atoms with van der Waals surface area (Å²) in [6, 6.07) is 9.93. The number of guanidine groups is 2. The van der Waals surface area contributed by atoms with Crippen LogP contribution in [0.5, 0.6) is 0 Å². The predicted octanol–water partition coefficient (Wildman–Crippen LogP) is 4.40. The standard InChI is InChI=1S/C21H24Cl2FN5O2S/c1-21(2)28-19(25)27-20(26)29(21)15-9-8-14(16(22)12-15)6-4-3-5-13-7-10-18(17(23)11-13)32(24,30)31/h7-12H,3-6H2,1-2H3,(H4,25,26,27,28). The first kappa shape index (κ1) is 24.3. The average Bonchev–Trinajstić information content (AvgIpc) is 2.64. The first-order valence-corrected chi connectivity index (χ1v) is 12.0. The molecule has 0 saturated carbocycles. The molecular formula is C21H24Cl2FN5O2S. The van der Waals surface area contributed by atoms with Crippen LogP contribution in [0.25, 0.3) is 0 Å². The number of aryl methyl sites for hydroxylation is 2. The lowest BCUT2D eigenvalue weighted by Crippen LogP contribution is -2.54. The van der Waals surface area contributed by atoms with Crippen molar-refractivity contribution in [2.24, 2.45) is 21.5 Å². The van der Waals surface area contributed by atoms with Gasteiger partial charge in [0.15, 0.2) is 0 Å². The van der Waals surface area contributed by atoms with Gasteiger partial charge in [-0.3, -0.25) is 4.90 Å². The fraction of sp³-hybridized carbons (Fsp3) is 0.333. The maximum Gasteiger partial charge on any atom is 0.333 e. The molecule has 0 saturated heterocycles. The molecule has 2 aromatic rings. The predicted molar refractivity (Wildman–Crippen MR) is 128 cm³/mol.